The Hall–Kier alpha value is -3.68. The summed E-state index contributed by atoms with van der Waals surface area (Å²) in [7, 11) is 0. The first-order valence-electron chi connectivity index (χ1n) is 9.29. The SMILES string of the molecule is NC(=O)c1ccc(NC(=O)CC[C@@H]2NC(=O)N(CCc3ccccc3)C2=O)cc1. The number of hydrogen-bond donors (Lipinski definition) is 3. The molecule has 2 aromatic rings. The Balaban J connectivity index is 1.47. The maximum atomic E-state index is 12.5. The predicted molar refractivity (Wildman–Crippen MR) is 107 cm³/mol. The topological polar surface area (TPSA) is 122 Å². The van der Waals surface area contributed by atoms with Crippen LogP contribution in [-0.2, 0) is 16.0 Å². The van der Waals surface area contributed by atoms with E-state index in [0.29, 0.717) is 24.2 Å². The number of hydrogen-bond acceptors (Lipinski definition) is 4. The molecule has 150 valence electrons. The zero-order valence-corrected chi connectivity index (χ0v) is 15.8. The lowest BCUT2D eigenvalue weighted by Gasteiger charge is -2.13. The molecule has 0 aliphatic carbocycles. The van der Waals surface area contributed by atoms with Gasteiger partial charge in [-0.05, 0) is 42.7 Å². The summed E-state index contributed by atoms with van der Waals surface area (Å²) in [4.78, 5) is 49.0. The van der Waals surface area contributed by atoms with Crippen molar-refractivity contribution >= 4 is 29.4 Å². The Morgan fingerprint density at radius 1 is 1.03 bits per heavy atom. The van der Waals surface area contributed by atoms with Gasteiger partial charge in [0, 0.05) is 24.2 Å². The van der Waals surface area contributed by atoms with E-state index < -0.39 is 18.0 Å². The average molecular weight is 394 g/mol. The quantitative estimate of drug-likeness (QED) is 0.590. The fraction of sp³-hybridized carbons (Fsp3) is 0.238. The van der Waals surface area contributed by atoms with Crippen LogP contribution >= 0.6 is 0 Å². The number of imide groups is 1. The standard InChI is InChI=1S/C21H22N4O4/c22-19(27)15-6-8-16(9-7-15)23-18(26)11-10-17-20(28)25(21(29)24-17)13-12-14-4-2-1-3-5-14/h1-9,17H,10-13H2,(H2,22,27)(H,23,26)(H,24,29)/t17-/m0/s1. The maximum absolute atomic E-state index is 12.5. The monoisotopic (exact) mass is 394 g/mol. The molecule has 0 bridgehead atoms. The lowest BCUT2D eigenvalue weighted by atomic mass is 10.1. The Bertz CT molecular complexity index is 912. The van der Waals surface area contributed by atoms with Crippen LogP contribution < -0.4 is 16.4 Å². The number of primary amides is 1. The van der Waals surface area contributed by atoms with Gasteiger partial charge in [-0.3, -0.25) is 19.3 Å². The molecule has 1 fully saturated rings. The molecule has 0 aromatic heterocycles. The summed E-state index contributed by atoms with van der Waals surface area (Å²) in [5.74, 6) is -1.15. The van der Waals surface area contributed by atoms with Crippen LogP contribution in [0.3, 0.4) is 0 Å². The molecule has 1 atom stereocenters. The van der Waals surface area contributed by atoms with Crippen molar-refractivity contribution < 1.29 is 19.2 Å². The highest BCUT2D eigenvalue weighted by atomic mass is 16.2. The summed E-state index contributed by atoms with van der Waals surface area (Å²) >= 11 is 0. The Kier molecular flexibility index (Phi) is 6.23. The van der Waals surface area contributed by atoms with E-state index in [9.17, 15) is 19.2 Å². The van der Waals surface area contributed by atoms with E-state index in [0.717, 1.165) is 5.56 Å². The van der Waals surface area contributed by atoms with Crippen LogP contribution in [0.15, 0.2) is 54.6 Å². The minimum Gasteiger partial charge on any atom is -0.366 e. The molecular weight excluding hydrogens is 372 g/mol. The van der Waals surface area contributed by atoms with E-state index in [1.54, 1.807) is 12.1 Å². The highest BCUT2D eigenvalue weighted by molar-refractivity contribution is 6.04. The largest absolute Gasteiger partial charge is 0.366 e. The molecule has 0 spiro atoms. The first kappa shape index (κ1) is 20.1. The second-order valence-electron chi connectivity index (χ2n) is 6.76. The normalized spacial score (nSPS) is 15.9. The van der Waals surface area contributed by atoms with Gasteiger partial charge in [0.15, 0.2) is 0 Å². The van der Waals surface area contributed by atoms with Crippen LogP contribution in [0.25, 0.3) is 0 Å². The van der Waals surface area contributed by atoms with E-state index in [4.69, 9.17) is 5.73 Å². The fourth-order valence-electron chi connectivity index (χ4n) is 3.09. The molecule has 8 nitrogen and oxygen atoms in total. The van der Waals surface area contributed by atoms with Gasteiger partial charge in [-0.1, -0.05) is 30.3 Å². The van der Waals surface area contributed by atoms with E-state index in [2.05, 4.69) is 10.6 Å². The third kappa shape index (κ3) is 5.19. The van der Waals surface area contributed by atoms with Crippen LogP contribution in [0.2, 0.25) is 0 Å². The van der Waals surface area contributed by atoms with E-state index in [1.165, 1.54) is 17.0 Å². The summed E-state index contributed by atoms with van der Waals surface area (Å²) in [6, 6.07) is 14.6. The molecule has 0 saturated carbocycles. The number of carbonyl (C=O) groups is 4. The van der Waals surface area contributed by atoms with Crippen molar-refractivity contribution in [3.8, 4) is 0 Å². The maximum Gasteiger partial charge on any atom is 0.324 e. The van der Waals surface area contributed by atoms with Crippen molar-refractivity contribution in [3.05, 3.63) is 65.7 Å². The molecule has 1 aliphatic rings. The minimum atomic E-state index is -0.707. The van der Waals surface area contributed by atoms with Crippen LogP contribution in [0.1, 0.15) is 28.8 Å². The predicted octanol–water partition coefficient (Wildman–Crippen LogP) is 1.67. The average Bonchev–Trinajstić information content (AvgIpc) is 2.99. The molecule has 8 heteroatoms. The molecule has 1 heterocycles. The molecule has 0 radical (unpaired) electrons. The summed E-state index contributed by atoms with van der Waals surface area (Å²) < 4.78 is 0. The molecule has 1 saturated heterocycles. The summed E-state index contributed by atoms with van der Waals surface area (Å²) in [5.41, 5.74) is 7.08. The van der Waals surface area contributed by atoms with Crippen molar-refractivity contribution in [2.75, 3.05) is 11.9 Å². The van der Waals surface area contributed by atoms with Gasteiger partial charge in [0.1, 0.15) is 6.04 Å². The summed E-state index contributed by atoms with van der Waals surface area (Å²) in [6.07, 6.45) is 0.854. The van der Waals surface area contributed by atoms with Gasteiger partial charge in [0.05, 0.1) is 0 Å². The van der Waals surface area contributed by atoms with Crippen molar-refractivity contribution in [2.45, 2.75) is 25.3 Å². The highest BCUT2D eigenvalue weighted by Gasteiger charge is 2.37. The van der Waals surface area contributed by atoms with Crippen molar-refractivity contribution in [1.29, 1.82) is 0 Å². The Morgan fingerprint density at radius 3 is 2.38 bits per heavy atom. The number of nitrogens with two attached hydrogens (primary N) is 1. The highest BCUT2D eigenvalue weighted by Crippen LogP contribution is 2.14. The van der Waals surface area contributed by atoms with Crippen LogP contribution in [-0.4, -0.2) is 41.2 Å². The fourth-order valence-corrected chi connectivity index (χ4v) is 3.09. The first-order valence-corrected chi connectivity index (χ1v) is 9.29. The van der Waals surface area contributed by atoms with E-state index >= 15 is 0 Å². The second kappa shape index (κ2) is 9.01. The summed E-state index contributed by atoms with van der Waals surface area (Å²) in [5, 5.41) is 5.32. The number of benzene rings is 2. The minimum absolute atomic E-state index is 0.0702. The third-order valence-corrected chi connectivity index (χ3v) is 4.69. The van der Waals surface area contributed by atoms with Crippen LogP contribution in [0.4, 0.5) is 10.5 Å². The molecule has 4 N–H and O–H groups in total. The lowest BCUT2D eigenvalue weighted by Crippen LogP contribution is -2.33. The van der Waals surface area contributed by atoms with Crippen molar-refractivity contribution in [2.24, 2.45) is 5.73 Å². The summed E-state index contributed by atoms with van der Waals surface area (Å²) in [6.45, 7) is 0.295. The first-order chi connectivity index (χ1) is 13.9. The molecule has 2 aromatic carbocycles. The molecule has 1 aliphatic heterocycles. The lowest BCUT2D eigenvalue weighted by molar-refractivity contribution is -0.127. The van der Waals surface area contributed by atoms with Gasteiger partial charge in [-0.25, -0.2) is 4.79 Å². The number of amides is 5. The van der Waals surface area contributed by atoms with Gasteiger partial charge >= 0.3 is 6.03 Å². The Labute approximate surface area is 168 Å². The Morgan fingerprint density at radius 2 is 1.72 bits per heavy atom. The number of rotatable bonds is 8. The number of carbonyl (C=O) groups excluding carboxylic acids is 4. The zero-order valence-electron chi connectivity index (χ0n) is 15.8. The number of anilines is 1. The molecule has 0 unspecified atom stereocenters. The number of nitrogens with zero attached hydrogens (tertiary/aromatic N) is 1. The van der Waals surface area contributed by atoms with Crippen molar-refractivity contribution in [3.63, 3.8) is 0 Å². The van der Waals surface area contributed by atoms with Gasteiger partial charge < -0.3 is 16.4 Å². The molecule has 3 rings (SSSR count). The molecule has 29 heavy (non-hydrogen) atoms. The van der Waals surface area contributed by atoms with Crippen molar-refractivity contribution in [1.82, 2.24) is 10.2 Å². The van der Waals surface area contributed by atoms with E-state index in [1.807, 2.05) is 30.3 Å². The van der Waals surface area contributed by atoms with Crippen LogP contribution in [0.5, 0.6) is 0 Å². The molecule has 5 amide bonds. The zero-order chi connectivity index (χ0) is 20.8. The van der Waals surface area contributed by atoms with Gasteiger partial charge in [0.25, 0.3) is 5.91 Å². The van der Waals surface area contributed by atoms with Gasteiger partial charge in [-0.2, -0.15) is 0 Å². The van der Waals surface area contributed by atoms with E-state index in [-0.39, 0.29) is 24.7 Å². The smallest absolute Gasteiger partial charge is 0.324 e. The number of urea groups is 1. The number of nitrogens with one attached hydrogen (secondary N) is 2. The second-order valence-corrected chi connectivity index (χ2v) is 6.76. The third-order valence-electron chi connectivity index (χ3n) is 4.69. The van der Waals surface area contributed by atoms with Gasteiger partial charge in [0.2, 0.25) is 11.8 Å². The molecular formula is C21H22N4O4. The van der Waals surface area contributed by atoms with Gasteiger partial charge in [-0.15, -0.1) is 0 Å². The van der Waals surface area contributed by atoms with Crippen LogP contribution in [0, 0.1) is 0 Å².